The lowest BCUT2D eigenvalue weighted by Crippen LogP contribution is -2.26. The van der Waals surface area contributed by atoms with Crippen molar-refractivity contribution in [3.05, 3.63) is 59.4 Å². The van der Waals surface area contributed by atoms with Crippen LogP contribution < -0.4 is 15.4 Å². The standard InChI is InChI=1S/C18H19FN2O3/c1-11(13-7-8-17(24-3)16(19)10-13)20-18(23)14-5-4-6-15(9-14)21-12(2)22/h4-11H,1-3H3,(H,20,23)(H,21,22)/t11-/m1/s1. The van der Waals surface area contributed by atoms with E-state index >= 15 is 0 Å². The van der Waals surface area contributed by atoms with Gasteiger partial charge in [0.25, 0.3) is 5.91 Å². The smallest absolute Gasteiger partial charge is 0.251 e. The molecule has 1 atom stereocenters. The van der Waals surface area contributed by atoms with Crippen molar-refractivity contribution in [1.82, 2.24) is 5.32 Å². The van der Waals surface area contributed by atoms with E-state index < -0.39 is 5.82 Å². The number of methoxy groups -OCH3 is 1. The predicted octanol–water partition coefficient (Wildman–Crippen LogP) is 3.28. The number of benzene rings is 2. The molecule has 2 rings (SSSR count). The maximum absolute atomic E-state index is 13.8. The van der Waals surface area contributed by atoms with Gasteiger partial charge >= 0.3 is 0 Å². The first kappa shape index (κ1) is 17.5. The summed E-state index contributed by atoms with van der Waals surface area (Å²) in [6.45, 7) is 3.16. The monoisotopic (exact) mass is 330 g/mol. The molecule has 0 bridgehead atoms. The Hall–Kier alpha value is -2.89. The van der Waals surface area contributed by atoms with Gasteiger partial charge in [0, 0.05) is 18.2 Å². The van der Waals surface area contributed by atoms with Gasteiger partial charge in [-0.3, -0.25) is 9.59 Å². The first-order valence-electron chi connectivity index (χ1n) is 7.42. The van der Waals surface area contributed by atoms with Gasteiger partial charge in [0.1, 0.15) is 0 Å². The van der Waals surface area contributed by atoms with Gasteiger partial charge in [0.2, 0.25) is 5.91 Å². The molecule has 0 spiro atoms. The highest BCUT2D eigenvalue weighted by molar-refractivity contribution is 5.97. The predicted molar refractivity (Wildman–Crippen MR) is 89.6 cm³/mol. The number of halogens is 1. The van der Waals surface area contributed by atoms with Crippen molar-refractivity contribution in [2.24, 2.45) is 0 Å². The molecule has 2 N–H and O–H groups in total. The topological polar surface area (TPSA) is 67.4 Å². The van der Waals surface area contributed by atoms with Gasteiger partial charge in [-0.15, -0.1) is 0 Å². The van der Waals surface area contributed by atoms with E-state index in [1.807, 2.05) is 0 Å². The first-order chi connectivity index (χ1) is 11.4. The second-order valence-electron chi connectivity index (χ2n) is 5.35. The fourth-order valence-electron chi connectivity index (χ4n) is 2.26. The number of anilines is 1. The van der Waals surface area contributed by atoms with Crippen LogP contribution in [0, 0.1) is 5.82 Å². The summed E-state index contributed by atoms with van der Waals surface area (Å²) >= 11 is 0. The summed E-state index contributed by atoms with van der Waals surface area (Å²) in [6, 6.07) is 10.8. The molecule has 0 aliphatic rings. The third kappa shape index (κ3) is 4.32. The lowest BCUT2D eigenvalue weighted by molar-refractivity contribution is -0.114. The number of nitrogens with one attached hydrogen (secondary N) is 2. The van der Waals surface area contributed by atoms with E-state index in [2.05, 4.69) is 10.6 Å². The van der Waals surface area contributed by atoms with Crippen LogP contribution >= 0.6 is 0 Å². The van der Waals surface area contributed by atoms with Crippen LogP contribution in [0.4, 0.5) is 10.1 Å². The zero-order chi connectivity index (χ0) is 17.7. The maximum atomic E-state index is 13.8. The fourth-order valence-corrected chi connectivity index (χ4v) is 2.26. The van der Waals surface area contributed by atoms with Gasteiger partial charge in [0.05, 0.1) is 13.2 Å². The molecule has 0 aliphatic carbocycles. The van der Waals surface area contributed by atoms with Crippen molar-refractivity contribution in [3.8, 4) is 5.75 Å². The Morgan fingerprint density at radius 2 is 1.92 bits per heavy atom. The SMILES string of the molecule is COc1ccc([C@@H](C)NC(=O)c2cccc(NC(C)=O)c2)cc1F. The summed E-state index contributed by atoms with van der Waals surface area (Å²) in [7, 11) is 1.39. The van der Waals surface area contributed by atoms with E-state index in [1.54, 1.807) is 37.3 Å². The highest BCUT2D eigenvalue weighted by Crippen LogP contribution is 2.22. The fraction of sp³-hybridized carbons (Fsp3) is 0.222. The van der Waals surface area contributed by atoms with Crippen molar-refractivity contribution >= 4 is 17.5 Å². The average Bonchev–Trinajstić information content (AvgIpc) is 2.54. The minimum Gasteiger partial charge on any atom is -0.494 e. The molecular formula is C18H19FN2O3. The number of hydrogen-bond donors (Lipinski definition) is 2. The molecule has 5 nitrogen and oxygen atoms in total. The van der Waals surface area contributed by atoms with Crippen molar-refractivity contribution in [2.45, 2.75) is 19.9 Å². The van der Waals surface area contributed by atoms with Crippen molar-refractivity contribution in [3.63, 3.8) is 0 Å². The van der Waals surface area contributed by atoms with Crippen LogP contribution in [0.3, 0.4) is 0 Å². The highest BCUT2D eigenvalue weighted by Gasteiger charge is 2.14. The van der Waals surface area contributed by atoms with Crippen molar-refractivity contribution < 1.29 is 18.7 Å². The van der Waals surface area contributed by atoms with E-state index in [4.69, 9.17) is 4.74 Å². The Bertz CT molecular complexity index is 762. The quantitative estimate of drug-likeness (QED) is 0.884. The minimum absolute atomic E-state index is 0.153. The molecule has 24 heavy (non-hydrogen) atoms. The van der Waals surface area contributed by atoms with Gasteiger partial charge < -0.3 is 15.4 Å². The lowest BCUT2D eigenvalue weighted by Gasteiger charge is -2.15. The number of amides is 2. The summed E-state index contributed by atoms with van der Waals surface area (Å²) < 4.78 is 18.6. The molecule has 0 aliphatic heterocycles. The molecule has 0 unspecified atom stereocenters. The van der Waals surface area contributed by atoms with Gasteiger partial charge in [-0.1, -0.05) is 12.1 Å². The van der Waals surface area contributed by atoms with Crippen LogP contribution in [0.2, 0.25) is 0 Å². The van der Waals surface area contributed by atoms with Crippen LogP contribution in [0.1, 0.15) is 35.8 Å². The number of ether oxygens (including phenoxy) is 1. The van der Waals surface area contributed by atoms with Gasteiger partial charge in [-0.2, -0.15) is 0 Å². The first-order valence-corrected chi connectivity index (χ1v) is 7.42. The van der Waals surface area contributed by atoms with Crippen molar-refractivity contribution in [1.29, 1.82) is 0 Å². The third-order valence-corrected chi connectivity index (χ3v) is 3.47. The Kier molecular flexibility index (Phi) is 5.52. The Morgan fingerprint density at radius 1 is 1.17 bits per heavy atom. The normalized spacial score (nSPS) is 11.5. The van der Waals surface area contributed by atoms with E-state index in [1.165, 1.54) is 26.2 Å². The second-order valence-corrected chi connectivity index (χ2v) is 5.35. The molecule has 0 saturated carbocycles. The summed E-state index contributed by atoms with van der Waals surface area (Å²) in [5.41, 5.74) is 1.57. The van der Waals surface area contributed by atoms with Crippen LogP contribution in [0.25, 0.3) is 0 Å². The van der Waals surface area contributed by atoms with E-state index in [0.29, 0.717) is 16.8 Å². The number of rotatable bonds is 5. The molecule has 6 heteroatoms. The van der Waals surface area contributed by atoms with Crippen LogP contribution in [-0.2, 0) is 4.79 Å². The molecule has 0 fully saturated rings. The van der Waals surface area contributed by atoms with Gasteiger partial charge in [-0.25, -0.2) is 4.39 Å². The molecule has 0 radical (unpaired) electrons. The number of carbonyl (C=O) groups is 2. The van der Waals surface area contributed by atoms with E-state index in [-0.39, 0.29) is 23.6 Å². The molecule has 2 aromatic rings. The van der Waals surface area contributed by atoms with Crippen LogP contribution in [0.5, 0.6) is 5.75 Å². The summed E-state index contributed by atoms with van der Waals surface area (Å²) in [6.07, 6.45) is 0. The summed E-state index contributed by atoms with van der Waals surface area (Å²) in [4.78, 5) is 23.4. The molecule has 2 amide bonds. The molecule has 0 aromatic heterocycles. The Morgan fingerprint density at radius 3 is 2.54 bits per heavy atom. The Balaban J connectivity index is 2.11. The minimum atomic E-state index is -0.483. The third-order valence-electron chi connectivity index (χ3n) is 3.47. The molecular weight excluding hydrogens is 311 g/mol. The molecule has 0 saturated heterocycles. The van der Waals surface area contributed by atoms with Gasteiger partial charge in [-0.05, 0) is 42.8 Å². The molecule has 0 heterocycles. The second kappa shape index (κ2) is 7.59. The van der Waals surface area contributed by atoms with Crippen LogP contribution in [-0.4, -0.2) is 18.9 Å². The van der Waals surface area contributed by atoms with Crippen molar-refractivity contribution in [2.75, 3.05) is 12.4 Å². The molecule has 2 aromatic carbocycles. The zero-order valence-electron chi connectivity index (χ0n) is 13.7. The number of carbonyl (C=O) groups excluding carboxylic acids is 2. The van der Waals surface area contributed by atoms with E-state index in [0.717, 1.165) is 0 Å². The summed E-state index contributed by atoms with van der Waals surface area (Å²) in [5, 5.41) is 5.42. The molecule has 126 valence electrons. The lowest BCUT2D eigenvalue weighted by atomic mass is 10.1. The zero-order valence-corrected chi connectivity index (χ0v) is 13.7. The van der Waals surface area contributed by atoms with Crippen LogP contribution in [0.15, 0.2) is 42.5 Å². The Labute approximate surface area is 139 Å². The van der Waals surface area contributed by atoms with Gasteiger partial charge in [0.15, 0.2) is 11.6 Å². The number of hydrogen-bond acceptors (Lipinski definition) is 3. The highest BCUT2D eigenvalue weighted by atomic mass is 19.1. The average molecular weight is 330 g/mol. The largest absolute Gasteiger partial charge is 0.494 e. The van der Waals surface area contributed by atoms with E-state index in [9.17, 15) is 14.0 Å². The summed E-state index contributed by atoms with van der Waals surface area (Å²) in [5.74, 6) is -0.857. The maximum Gasteiger partial charge on any atom is 0.251 e.